The maximum absolute atomic E-state index is 3.51. The van der Waals surface area contributed by atoms with Gasteiger partial charge in [0.2, 0.25) is 0 Å². The van der Waals surface area contributed by atoms with E-state index in [1.54, 1.807) is 0 Å². The first-order chi connectivity index (χ1) is 9.80. The van der Waals surface area contributed by atoms with Crippen LogP contribution in [0.4, 0.5) is 0 Å². The maximum atomic E-state index is 3.51. The van der Waals surface area contributed by atoms with Crippen molar-refractivity contribution in [1.82, 2.24) is 9.88 Å². The van der Waals surface area contributed by atoms with Crippen molar-refractivity contribution >= 4 is 10.9 Å². The molecule has 1 N–H and O–H groups in total. The first-order valence-corrected chi connectivity index (χ1v) is 8.07. The zero-order chi connectivity index (χ0) is 14.4. The van der Waals surface area contributed by atoms with Crippen LogP contribution in [0.5, 0.6) is 0 Å². The van der Waals surface area contributed by atoms with E-state index in [0.717, 1.165) is 25.6 Å². The lowest BCUT2D eigenvalue weighted by Crippen LogP contribution is -2.14. The van der Waals surface area contributed by atoms with Crippen molar-refractivity contribution in [2.75, 3.05) is 6.54 Å². The van der Waals surface area contributed by atoms with Gasteiger partial charge in [-0.15, -0.1) is 0 Å². The molecule has 0 amide bonds. The number of nitrogens with zero attached hydrogens (tertiary/aromatic N) is 1. The molecule has 0 spiro atoms. The van der Waals surface area contributed by atoms with Crippen molar-refractivity contribution in [1.29, 1.82) is 0 Å². The van der Waals surface area contributed by atoms with Gasteiger partial charge >= 0.3 is 0 Å². The fraction of sp³-hybridized carbons (Fsp3) is 0.556. The molecule has 20 heavy (non-hydrogen) atoms. The normalized spacial score (nSPS) is 11.6. The minimum atomic E-state index is 0.785. The number of fused-ring (bicyclic) bond motifs is 1. The second kappa shape index (κ2) is 7.49. The highest BCUT2D eigenvalue weighted by atomic mass is 15.0. The van der Waals surface area contributed by atoms with E-state index in [2.05, 4.69) is 61.1 Å². The van der Waals surface area contributed by atoms with E-state index in [0.29, 0.717) is 0 Å². The van der Waals surface area contributed by atoms with Crippen molar-refractivity contribution in [3.63, 3.8) is 0 Å². The zero-order valence-corrected chi connectivity index (χ0v) is 13.2. The average molecular weight is 272 g/mol. The van der Waals surface area contributed by atoms with Gasteiger partial charge < -0.3 is 9.88 Å². The first kappa shape index (κ1) is 15.1. The molecule has 0 unspecified atom stereocenters. The monoisotopic (exact) mass is 272 g/mol. The summed E-state index contributed by atoms with van der Waals surface area (Å²) >= 11 is 0. The Bertz CT molecular complexity index is 523. The maximum Gasteiger partial charge on any atom is 0.0483 e. The van der Waals surface area contributed by atoms with Gasteiger partial charge in [0.25, 0.3) is 0 Å². The molecule has 1 aromatic carbocycles. The van der Waals surface area contributed by atoms with Crippen LogP contribution in [0.2, 0.25) is 0 Å². The van der Waals surface area contributed by atoms with E-state index in [-0.39, 0.29) is 0 Å². The van der Waals surface area contributed by atoms with Crippen LogP contribution in [0.1, 0.15) is 45.6 Å². The van der Waals surface area contributed by atoms with Crippen molar-refractivity contribution in [3.8, 4) is 0 Å². The molecule has 2 heteroatoms. The van der Waals surface area contributed by atoms with Crippen molar-refractivity contribution in [2.24, 2.45) is 5.92 Å². The van der Waals surface area contributed by atoms with Crippen LogP contribution < -0.4 is 5.32 Å². The highest BCUT2D eigenvalue weighted by Gasteiger charge is 2.09. The summed E-state index contributed by atoms with van der Waals surface area (Å²) in [5.74, 6) is 0.785. The summed E-state index contributed by atoms with van der Waals surface area (Å²) in [7, 11) is 0. The van der Waals surface area contributed by atoms with Crippen LogP contribution in [-0.4, -0.2) is 11.1 Å². The molecular formula is C18H28N2. The number of benzene rings is 1. The molecule has 0 aliphatic heterocycles. The Morgan fingerprint density at radius 2 is 1.90 bits per heavy atom. The SMILES string of the molecule is CCCNCc1cccc2c1ccn2CC(CC)CC. The molecule has 0 saturated heterocycles. The van der Waals surface area contributed by atoms with Crippen LogP contribution in [0.15, 0.2) is 30.5 Å². The summed E-state index contributed by atoms with van der Waals surface area (Å²) in [5.41, 5.74) is 2.80. The molecule has 2 nitrogen and oxygen atoms in total. The van der Waals surface area contributed by atoms with E-state index in [4.69, 9.17) is 0 Å². The Morgan fingerprint density at radius 1 is 1.10 bits per heavy atom. The third-order valence-electron chi connectivity index (χ3n) is 4.26. The van der Waals surface area contributed by atoms with Crippen molar-refractivity contribution in [3.05, 3.63) is 36.0 Å². The van der Waals surface area contributed by atoms with Gasteiger partial charge in [0.05, 0.1) is 0 Å². The molecule has 1 aromatic heterocycles. The van der Waals surface area contributed by atoms with Gasteiger partial charge in [-0.25, -0.2) is 0 Å². The highest BCUT2D eigenvalue weighted by Crippen LogP contribution is 2.22. The van der Waals surface area contributed by atoms with E-state index < -0.39 is 0 Å². The van der Waals surface area contributed by atoms with Crippen LogP contribution in [-0.2, 0) is 13.1 Å². The second-order valence-corrected chi connectivity index (χ2v) is 5.68. The number of hydrogen-bond acceptors (Lipinski definition) is 1. The van der Waals surface area contributed by atoms with Gasteiger partial charge in [-0.2, -0.15) is 0 Å². The second-order valence-electron chi connectivity index (χ2n) is 5.68. The van der Waals surface area contributed by atoms with Gasteiger partial charge in [0.15, 0.2) is 0 Å². The lowest BCUT2D eigenvalue weighted by molar-refractivity contribution is 0.425. The predicted octanol–water partition coefficient (Wildman–Crippen LogP) is 4.58. The summed E-state index contributed by atoms with van der Waals surface area (Å²) in [6.45, 7) is 9.99. The van der Waals surface area contributed by atoms with Gasteiger partial charge in [-0.05, 0) is 36.6 Å². The minimum Gasteiger partial charge on any atom is -0.347 e. The van der Waals surface area contributed by atoms with Crippen LogP contribution in [0.3, 0.4) is 0 Å². The third-order valence-corrected chi connectivity index (χ3v) is 4.26. The topological polar surface area (TPSA) is 17.0 Å². The number of nitrogens with one attached hydrogen (secondary N) is 1. The summed E-state index contributed by atoms with van der Waals surface area (Å²) < 4.78 is 2.43. The van der Waals surface area contributed by atoms with Crippen LogP contribution in [0, 0.1) is 5.92 Å². The van der Waals surface area contributed by atoms with Gasteiger partial charge in [0.1, 0.15) is 0 Å². The molecule has 0 aliphatic carbocycles. The van der Waals surface area contributed by atoms with Crippen molar-refractivity contribution in [2.45, 2.75) is 53.1 Å². The van der Waals surface area contributed by atoms with Gasteiger partial charge in [-0.1, -0.05) is 45.7 Å². The van der Waals surface area contributed by atoms with E-state index in [9.17, 15) is 0 Å². The predicted molar refractivity (Wildman–Crippen MR) is 88.0 cm³/mol. The fourth-order valence-electron chi connectivity index (χ4n) is 2.83. The van der Waals surface area contributed by atoms with Gasteiger partial charge in [-0.3, -0.25) is 0 Å². The molecule has 0 aliphatic rings. The number of rotatable bonds is 8. The summed E-state index contributed by atoms with van der Waals surface area (Å²) in [5, 5.41) is 4.91. The van der Waals surface area contributed by atoms with E-state index >= 15 is 0 Å². The summed E-state index contributed by atoms with van der Waals surface area (Å²) in [6, 6.07) is 8.96. The smallest absolute Gasteiger partial charge is 0.0483 e. The Balaban J connectivity index is 2.20. The number of aromatic nitrogens is 1. The van der Waals surface area contributed by atoms with Crippen molar-refractivity contribution < 1.29 is 0 Å². The molecule has 2 aromatic rings. The number of hydrogen-bond donors (Lipinski definition) is 1. The molecule has 0 fully saturated rings. The molecule has 0 radical (unpaired) electrons. The van der Waals surface area contributed by atoms with Gasteiger partial charge in [0, 0.05) is 30.2 Å². The Labute approximate surface area is 123 Å². The Hall–Kier alpha value is -1.28. The van der Waals surface area contributed by atoms with E-state index in [1.165, 1.54) is 35.7 Å². The summed E-state index contributed by atoms with van der Waals surface area (Å²) in [4.78, 5) is 0. The molecule has 0 atom stereocenters. The third kappa shape index (κ3) is 3.43. The van der Waals surface area contributed by atoms with Crippen LogP contribution >= 0.6 is 0 Å². The largest absolute Gasteiger partial charge is 0.347 e. The molecule has 0 bridgehead atoms. The lowest BCUT2D eigenvalue weighted by Gasteiger charge is -2.14. The minimum absolute atomic E-state index is 0.785. The quantitative estimate of drug-likeness (QED) is 0.696. The standard InChI is InChI=1S/C18H28N2/c1-4-11-19-13-16-8-7-9-18-17(16)10-12-20(18)14-15(5-2)6-3/h7-10,12,15,19H,4-6,11,13-14H2,1-3H3. The van der Waals surface area contributed by atoms with Crippen LogP contribution in [0.25, 0.3) is 10.9 Å². The Kier molecular flexibility index (Phi) is 5.66. The molecular weight excluding hydrogens is 244 g/mol. The zero-order valence-electron chi connectivity index (χ0n) is 13.2. The first-order valence-electron chi connectivity index (χ1n) is 8.07. The molecule has 2 rings (SSSR count). The lowest BCUT2D eigenvalue weighted by atomic mass is 10.0. The van der Waals surface area contributed by atoms with E-state index in [1.807, 2.05) is 0 Å². The Morgan fingerprint density at radius 3 is 2.60 bits per heavy atom. The fourth-order valence-corrected chi connectivity index (χ4v) is 2.83. The molecule has 110 valence electrons. The molecule has 0 saturated carbocycles. The average Bonchev–Trinajstić information content (AvgIpc) is 2.89. The molecule has 1 heterocycles. The highest BCUT2D eigenvalue weighted by molar-refractivity contribution is 5.83. The summed E-state index contributed by atoms with van der Waals surface area (Å²) in [6.07, 6.45) is 5.96.